The molecule has 8 heteroatoms. The third-order valence-corrected chi connectivity index (χ3v) is 7.17. The Morgan fingerprint density at radius 3 is 2.37 bits per heavy atom. The van der Waals surface area contributed by atoms with E-state index in [9.17, 15) is 19.1 Å². The van der Waals surface area contributed by atoms with Gasteiger partial charge in [0, 0.05) is 16.8 Å². The Balaban J connectivity index is 2.39. The predicted octanol–water partition coefficient (Wildman–Crippen LogP) is 5.98. The number of hydrogen-bond donors (Lipinski definition) is 2. The van der Waals surface area contributed by atoms with Gasteiger partial charge in [0.05, 0.1) is 10.8 Å². The van der Waals surface area contributed by atoms with Crippen molar-refractivity contribution in [1.82, 2.24) is 9.97 Å². The van der Waals surface area contributed by atoms with E-state index in [0.717, 1.165) is 11.9 Å². The molecule has 1 aromatic carbocycles. The third kappa shape index (κ3) is 6.06. The summed E-state index contributed by atoms with van der Waals surface area (Å²) in [6, 6.07) is 4.36. The Kier molecular flexibility index (Phi) is 8.44. The van der Waals surface area contributed by atoms with Gasteiger partial charge in [0.15, 0.2) is 5.82 Å². The molecule has 6 nitrogen and oxygen atoms in total. The SMILES string of the molecule is C=C(c1nc(C)c([C@@](C)(C=O)C(=C)S/C=C(\C)CC(C)(C)C(=O)O)c(N)n1)c1ccc(F)cc1C. The summed E-state index contributed by atoms with van der Waals surface area (Å²) < 4.78 is 13.5. The van der Waals surface area contributed by atoms with Crippen LogP contribution in [-0.4, -0.2) is 27.3 Å². The minimum atomic E-state index is -1.19. The van der Waals surface area contributed by atoms with E-state index in [1.165, 1.54) is 23.9 Å². The average Bonchev–Trinajstić information content (AvgIpc) is 2.75. The summed E-state index contributed by atoms with van der Waals surface area (Å²) in [5.41, 5.74) is 7.89. The maximum absolute atomic E-state index is 13.5. The van der Waals surface area contributed by atoms with Gasteiger partial charge in [-0.05, 0) is 81.5 Å². The number of allylic oxidation sites excluding steroid dienone is 2. The molecule has 2 aromatic rings. The standard InChI is InChI=1S/C27H32FN3O3S/c1-15(12-26(6,7)25(33)34)13-35-19(5)27(8,14-32)22-18(4)30-24(31-23(22)29)17(3)21-10-9-20(28)11-16(21)2/h9-11,13-14H,3,5,12H2,1-2,4,6-8H3,(H,33,34)(H2,29,30,31)/b15-13+/t27-/m0/s1. The fourth-order valence-corrected chi connectivity index (χ4v) is 4.65. The smallest absolute Gasteiger partial charge is 0.309 e. The number of carboxylic acids is 1. The van der Waals surface area contributed by atoms with Crippen molar-refractivity contribution in [2.75, 3.05) is 5.73 Å². The lowest BCUT2D eigenvalue weighted by Gasteiger charge is -2.28. The molecule has 35 heavy (non-hydrogen) atoms. The number of carbonyl (C=O) groups excluding carboxylic acids is 1. The Hall–Kier alpha value is -3.26. The van der Waals surface area contributed by atoms with E-state index in [1.807, 2.05) is 6.92 Å². The van der Waals surface area contributed by atoms with Gasteiger partial charge in [0.25, 0.3) is 0 Å². The number of aldehydes is 1. The van der Waals surface area contributed by atoms with Gasteiger partial charge in [0.1, 0.15) is 17.9 Å². The van der Waals surface area contributed by atoms with Crippen LogP contribution in [0.4, 0.5) is 10.2 Å². The van der Waals surface area contributed by atoms with Crippen LogP contribution in [0, 0.1) is 25.1 Å². The second-order valence-corrected chi connectivity index (χ2v) is 10.5. The van der Waals surface area contributed by atoms with Crippen molar-refractivity contribution < 1.29 is 19.1 Å². The monoisotopic (exact) mass is 497 g/mol. The highest BCUT2D eigenvalue weighted by atomic mass is 32.2. The number of rotatable bonds is 10. The fraction of sp³-hybridized carbons (Fsp3) is 0.333. The zero-order valence-corrected chi connectivity index (χ0v) is 21.8. The van der Waals surface area contributed by atoms with Gasteiger partial charge in [-0.2, -0.15) is 0 Å². The quantitative estimate of drug-likeness (QED) is 0.389. The number of nitrogens with zero attached hydrogens (tertiary/aromatic N) is 2. The van der Waals surface area contributed by atoms with E-state index >= 15 is 0 Å². The topological polar surface area (TPSA) is 106 Å². The lowest BCUT2D eigenvalue weighted by molar-refractivity contribution is -0.146. The molecule has 186 valence electrons. The summed E-state index contributed by atoms with van der Waals surface area (Å²) in [5.74, 6) is -0.821. The first-order valence-corrected chi connectivity index (χ1v) is 11.8. The lowest BCUT2D eigenvalue weighted by atomic mass is 9.83. The molecular formula is C27H32FN3O3S. The van der Waals surface area contributed by atoms with Crippen molar-refractivity contribution in [2.24, 2.45) is 5.41 Å². The van der Waals surface area contributed by atoms with Crippen LogP contribution >= 0.6 is 11.8 Å². The third-order valence-electron chi connectivity index (χ3n) is 5.94. The molecule has 0 fully saturated rings. The van der Waals surface area contributed by atoms with E-state index in [2.05, 4.69) is 23.1 Å². The van der Waals surface area contributed by atoms with Crippen molar-refractivity contribution in [1.29, 1.82) is 0 Å². The highest BCUT2D eigenvalue weighted by molar-refractivity contribution is 8.05. The first-order chi connectivity index (χ1) is 16.1. The van der Waals surface area contributed by atoms with Crippen LogP contribution < -0.4 is 5.73 Å². The highest BCUT2D eigenvalue weighted by Crippen LogP contribution is 2.41. The first-order valence-electron chi connectivity index (χ1n) is 11.0. The molecule has 0 amide bonds. The summed E-state index contributed by atoms with van der Waals surface area (Å²) >= 11 is 1.25. The number of aryl methyl sites for hydroxylation is 2. The van der Waals surface area contributed by atoms with E-state index in [-0.39, 0.29) is 17.5 Å². The normalized spacial score (nSPS) is 13.7. The molecule has 1 aromatic heterocycles. The first kappa shape index (κ1) is 28.0. The van der Waals surface area contributed by atoms with Gasteiger partial charge in [-0.3, -0.25) is 4.79 Å². The van der Waals surface area contributed by atoms with Crippen molar-refractivity contribution in [3.05, 3.63) is 81.3 Å². The van der Waals surface area contributed by atoms with Gasteiger partial charge < -0.3 is 15.6 Å². The largest absolute Gasteiger partial charge is 0.481 e. The van der Waals surface area contributed by atoms with Crippen molar-refractivity contribution in [3.63, 3.8) is 0 Å². The number of anilines is 1. The Morgan fingerprint density at radius 2 is 1.86 bits per heavy atom. The number of hydrogen-bond acceptors (Lipinski definition) is 6. The van der Waals surface area contributed by atoms with Crippen LogP contribution in [0.5, 0.6) is 0 Å². The second-order valence-electron chi connectivity index (χ2n) is 9.52. The molecule has 0 saturated heterocycles. The number of aromatic nitrogens is 2. The molecule has 0 aliphatic carbocycles. The van der Waals surface area contributed by atoms with Crippen LogP contribution in [0.25, 0.3) is 5.57 Å². The molecule has 2 rings (SSSR count). The molecule has 0 unspecified atom stereocenters. The molecule has 1 heterocycles. The van der Waals surface area contributed by atoms with Gasteiger partial charge in [0.2, 0.25) is 0 Å². The summed E-state index contributed by atoms with van der Waals surface area (Å²) in [6.07, 6.45) is 1.11. The summed E-state index contributed by atoms with van der Waals surface area (Å²) in [7, 11) is 0. The van der Waals surface area contributed by atoms with Gasteiger partial charge >= 0.3 is 5.97 Å². The average molecular weight is 498 g/mol. The Morgan fingerprint density at radius 1 is 1.23 bits per heavy atom. The minimum absolute atomic E-state index is 0.123. The summed E-state index contributed by atoms with van der Waals surface area (Å²) in [6.45, 7) is 18.5. The van der Waals surface area contributed by atoms with Crippen molar-refractivity contribution >= 4 is 35.4 Å². The molecular weight excluding hydrogens is 465 g/mol. The molecule has 3 N–H and O–H groups in total. The van der Waals surface area contributed by atoms with E-state index in [0.29, 0.717) is 39.3 Å². The van der Waals surface area contributed by atoms with Crippen LogP contribution in [0.2, 0.25) is 0 Å². The van der Waals surface area contributed by atoms with Crippen LogP contribution in [-0.2, 0) is 15.0 Å². The van der Waals surface area contributed by atoms with Crippen molar-refractivity contribution in [3.8, 4) is 0 Å². The fourth-order valence-electron chi connectivity index (χ4n) is 3.83. The Labute approximate surface area is 210 Å². The lowest BCUT2D eigenvalue weighted by Crippen LogP contribution is -2.29. The zero-order chi connectivity index (χ0) is 26.7. The highest BCUT2D eigenvalue weighted by Gasteiger charge is 2.35. The predicted molar refractivity (Wildman–Crippen MR) is 140 cm³/mol. The van der Waals surface area contributed by atoms with Gasteiger partial charge in [-0.15, -0.1) is 11.8 Å². The van der Waals surface area contributed by atoms with E-state index in [1.54, 1.807) is 46.1 Å². The van der Waals surface area contributed by atoms with Crippen LogP contribution in [0.3, 0.4) is 0 Å². The molecule has 0 radical (unpaired) electrons. The number of carbonyl (C=O) groups is 2. The minimum Gasteiger partial charge on any atom is -0.481 e. The van der Waals surface area contributed by atoms with E-state index in [4.69, 9.17) is 5.73 Å². The second kappa shape index (κ2) is 10.6. The summed E-state index contributed by atoms with van der Waals surface area (Å²) in [5, 5.41) is 11.2. The molecule has 0 bridgehead atoms. The number of thioether (sulfide) groups is 1. The molecule has 0 saturated carbocycles. The number of halogens is 1. The Bertz CT molecular complexity index is 1210. The number of carboxylic acid groups (broad SMARTS) is 1. The number of benzene rings is 1. The molecule has 0 spiro atoms. The number of nitrogen functional groups attached to an aromatic ring is 1. The zero-order valence-electron chi connectivity index (χ0n) is 21.0. The maximum Gasteiger partial charge on any atom is 0.309 e. The van der Waals surface area contributed by atoms with Crippen LogP contribution in [0.15, 0.2) is 47.2 Å². The summed E-state index contributed by atoms with van der Waals surface area (Å²) in [4.78, 5) is 33.2. The molecule has 0 aliphatic rings. The van der Waals surface area contributed by atoms with Crippen molar-refractivity contribution in [2.45, 2.75) is 53.4 Å². The number of aliphatic carboxylic acids is 1. The molecule has 1 atom stereocenters. The van der Waals surface area contributed by atoms with Gasteiger partial charge in [-0.1, -0.05) is 24.8 Å². The number of nitrogens with two attached hydrogens (primary N) is 1. The van der Waals surface area contributed by atoms with E-state index < -0.39 is 16.8 Å². The van der Waals surface area contributed by atoms with Gasteiger partial charge in [-0.25, -0.2) is 14.4 Å². The molecule has 0 aliphatic heterocycles. The van der Waals surface area contributed by atoms with Crippen LogP contribution in [0.1, 0.15) is 62.3 Å². The maximum atomic E-state index is 13.5.